The maximum atomic E-state index is 5.23. The predicted octanol–water partition coefficient (Wildman–Crippen LogP) is 10.9. The molecule has 0 amide bonds. The van der Waals surface area contributed by atoms with Crippen molar-refractivity contribution in [2.45, 2.75) is 5.41 Å². The fraction of sp³-hybridized carbons (Fsp3) is 0.0217. The summed E-state index contributed by atoms with van der Waals surface area (Å²) in [5, 5.41) is 0. The Kier molecular flexibility index (Phi) is 6.09. The maximum Gasteiger partial charge on any atom is 0.160 e. The summed E-state index contributed by atoms with van der Waals surface area (Å²) < 4.78 is 0. The van der Waals surface area contributed by atoms with Crippen LogP contribution in [-0.4, -0.2) is 15.0 Å². The van der Waals surface area contributed by atoms with Gasteiger partial charge in [-0.05, 0) is 79.9 Å². The van der Waals surface area contributed by atoms with Gasteiger partial charge in [0.1, 0.15) is 0 Å². The molecule has 3 heteroatoms. The first-order valence-corrected chi connectivity index (χ1v) is 16.7. The molecule has 0 aliphatic heterocycles. The summed E-state index contributed by atoms with van der Waals surface area (Å²) in [6.45, 7) is 0. The number of rotatable bonds is 3. The second-order valence-corrected chi connectivity index (χ2v) is 12.8. The molecule has 49 heavy (non-hydrogen) atoms. The molecule has 10 rings (SSSR count). The lowest BCUT2D eigenvalue weighted by atomic mass is 9.65. The topological polar surface area (TPSA) is 38.7 Å². The molecule has 8 aromatic rings. The van der Waals surface area contributed by atoms with Gasteiger partial charge in [0.25, 0.3) is 0 Å². The molecule has 0 radical (unpaired) electrons. The number of hydrogen-bond acceptors (Lipinski definition) is 3. The number of aromatic nitrogens is 3. The van der Waals surface area contributed by atoms with E-state index in [1.54, 1.807) is 6.20 Å². The molecule has 0 fully saturated rings. The first-order chi connectivity index (χ1) is 24.3. The Hall–Kier alpha value is -6.45. The second-order valence-electron chi connectivity index (χ2n) is 12.8. The van der Waals surface area contributed by atoms with Crippen molar-refractivity contribution in [2.24, 2.45) is 0 Å². The highest BCUT2D eigenvalue weighted by atomic mass is 14.9. The van der Waals surface area contributed by atoms with Crippen molar-refractivity contribution in [2.75, 3.05) is 0 Å². The Labute approximate surface area is 285 Å². The van der Waals surface area contributed by atoms with Crippen LogP contribution in [0.4, 0.5) is 0 Å². The van der Waals surface area contributed by atoms with Crippen LogP contribution >= 0.6 is 0 Å². The summed E-state index contributed by atoms with van der Waals surface area (Å²) in [6, 6.07) is 59.0. The van der Waals surface area contributed by atoms with E-state index in [4.69, 9.17) is 9.97 Å². The van der Waals surface area contributed by atoms with Crippen LogP contribution in [0.3, 0.4) is 0 Å². The van der Waals surface area contributed by atoms with E-state index in [1.807, 2.05) is 18.3 Å². The van der Waals surface area contributed by atoms with Gasteiger partial charge in [-0.3, -0.25) is 4.98 Å². The SMILES string of the molecule is c1ccc(-c2cc(-c3cccnc3)nc(-c3ccc4c(c3)C3(c5ccccc5-c5ccccc5-4)c4ccccc4-c4ccccc43)n2)cc1. The molecule has 3 nitrogen and oxygen atoms in total. The zero-order chi connectivity index (χ0) is 32.4. The quantitative estimate of drug-likeness (QED) is 0.197. The molecule has 0 atom stereocenters. The van der Waals surface area contributed by atoms with Crippen molar-refractivity contribution in [3.63, 3.8) is 0 Å². The summed E-state index contributed by atoms with van der Waals surface area (Å²) in [5.74, 6) is 0.684. The molecular weight excluding hydrogens is 595 g/mol. The van der Waals surface area contributed by atoms with Gasteiger partial charge < -0.3 is 0 Å². The molecule has 2 aliphatic carbocycles. The van der Waals surface area contributed by atoms with Gasteiger partial charge in [0.05, 0.1) is 16.8 Å². The molecule has 0 saturated heterocycles. The number of nitrogens with zero attached hydrogens (tertiary/aromatic N) is 3. The minimum atomic E-state index is -0.558. The molecule has 0 N–H and O–H groups in total. The van der Waals surface area contributed by atoms with Gasteiger partial charge in [-0.1, -0.05) is 140 Å². The van der Waals surface area contributed by atoms with E-state index < -0.39 is 5.41 Å². The van der Waals surface area contributed by atoms with Crippen molar-refractivity contribution in [3.8, 4) is 67.3 Å². The summed E-state index contributed by atoms with van der Waals surface area (Å²) in [4.78, 5) is 14.9. The molecule has 2 aliphatic rings. The summed E-state index contributed by atoms with van der Waals surface area (Å²) >= 11 is 0. The lowest BCUT2D eigenvalue weighted by molar-refractivity contribution is 0.775. The molecule has 0 saturated carbocycles. The van der Waals surface area contributed by atoms with Crippen LogP contribution in [0.1, 0.15) is 22.3 Å². The third-order valence-corrected chi connectivity index (χ3v) is 10.2. The van der Waals surface area contributed by atoms with Crippen LogP contribution in [-0.2, 0) is 5.41 Å². The Balaban J connectivity index is 1.32. The molecule has 2 heterocycles. The molecule has 1 spiro atoms. The number of fused-ring (bicyclic) bond motifs is 12. The zero-order valence-electron chi connectivity index (χ0n) is 26.6. The van der Waals surface area contributed by atoms with E-state index in [1.165, 1.54) is 55.6 Å². The molecule has 228 valence electrons. The van der Waals surface area contributed by atoms with Crippen molar-refractivity contribution >= 4 is 0 Å². The molecule has 0 unspecified atom stereocenters. The van der Waals surface area contributed by atoms with E-state index in [9.17, 15) is 0 Å². The van der Waals surface area contributed by atoms with E-state index in [0.717, 1.165) is 28.1 Å². The van der Waals surface area contributed by atoms with Crippen LogP contribution in [0.25, 0.3) is 67.3 Å². The van der Waals surface area contributed by atoms with Gasteiger partial charge in [-0.2, -0.15) is 0 Å². The average Bonchev–Trinajstić information content (AvgIpc) is 3.43. The van der Waals surface area contributed by atoms with Gasteiger partial charge >= 0.3 is 0 Å². The fourth-order valence-corrected chi connectivity index (χ4v) is 8.18. The van der Waals surface area contributed by atoms with Crippen LogP contribution in [0, 0.1) is 0 Å². The lowest BCUT2D eigenvalue weighted by Crippen LogP contribution is -2.29. The first-order valence-electron chi connectivity index (χ1n) is 16.7. The van der Waals surface area contributed by atoms with Crippen molar-refractivity contribution in [3.05, 3.63) is 198 Å². The smallest absolute Gasteiger partial charge is 0.160 e. The van der Waals surface area contributed by atoms with Crippen LogP contribution in [0.5, 0.6) is 0 Å². The highest BCUT2D eigenvalue weighted by molar-refractivity contribution is 5.97. The number of hydrogen-bond donors (Lipinski definition) is 0. The predicted molar refractivity (Wildman–Crippen MR) is 198 cm³/mol. The fourth-order valence-electron chi connectivity index (χ4n) is 8.18. The van der Waals surface area contributed by atoms with Crippen LogP contribution in [0.15, 0.2) is 176 Å². The van der Waals surface area contributed by atoms with Gasteiger partial charge in [-0.15, -0.1) is 0 Å². The Morgan fingerprint density at radius 3 is 1.43 bits per heavy atom. The van der Waals surface area contributed by atoms with Gasteiger partial charge in [0.2, 0.25) is 0 Å². The normalized spacial score (nSPS) is 13.1. The van der Waals surface area contributed by atoms with E-state index in [-0.39, 0.29) is 0 Å². The number of pyridine rings is 1. The zero-order valence-corrected chi connectivity index (χ0v) is 26.6. The minimum Gasteiger partial charge on any atom is -0.264 e. The van der Waals surface area contributed by atoms with E-state index >= 15 is 0 Å². The Morgan fingerprint density at radius 1 is 0.347 bits per heavy atom. The summed E-state index contributed by atoms with van der Waals surface area (Å²) in [7, 11) is 0. The van der Waals surface area contributed by atoms with E-state index in [0.29, 0.717) is 5.82 Å². The molecule has 2 aromatic heterocycles. The largest absolute Gasteiger partial charge is 0.264 e. The highest BCUT2D eigenvalue weighted by Crippen LogP contribution is 2.61. The average molecular weight is 624 g/mol. The van der Waals surface area contributed by atoms with Gasteiger partial charge in [0, 0.05) is 29.1 Å². The lowest BCUT2D eigenvalue weighted by Gasteiger charge is -2.35. The number of benzene rings is 6. The van der Waals surface area contributed by atoms with Crippen molar-refractivity contribution in [1.29, 1.82) is 0 Å². The minimum absolute atomic E-state index is 0.558. The van der Waals surface area contributed by atoms with E-state index in [2.05, 4.69) is 157 Å². The first kappa shape index (κ1) is 27.6. The monoisotopic (exact) mass is 623 g/mol. The van der Waals surface area contributed by atoms with Crippen LogP contribution < -0.4 is 0 Å². The molecule has 0 bridgehead atoms. The standard InChI is InChI=1S/C46H29N3/c1-2-13-30(14-3-1)43-28-44(32-15-12-26-47-29-32)49-45(48-43)31-24-25-38-34-17-5-4-16-33(34)35-18-6-9-21-39(35)46(42(38)27-31)40-22-10-7-19-36(40)37-20-8-11-23-41(37)46/h1-29H. The Morgan fingerprint density at radius 2 is 0.837 bits per heavy atom. The van der Waals surface area contributed by atoms with Crippen LogP contribution in [0.2, 0.25) is 0 Å². The third-order valence-electron chi connectivity index (χ3n) is 10.2. The Bertz CT molecular complexity index is 2450. The van der Waals surface area contributed by atoms with Gasteiger partial charge in [-0.25, -0.2) is 9.97 Å². The second kappa shape index (κ2) is 10.8. The third kappa shape index (κ3) is 4.06. The maximum absolute atomic E-state index is 5.23. The molecular formula is C46H29N3. The molecule has 6 aromatic carbocycles. The summed E-state index contributed by atoms with van der Waals surface area (Å²) in [6.07, 6.45) is 3.66. The van der Waals surface area contributed by atoms with Crippen molar-refractivity contribution in [1.82, 2.24) is 15.0 Å². The van der Waals surface area contributed by atoms with Crippen molar-refractivity contribution < 1.29 is 0 Å². The summed E-state index contributed by atoms with van der Waals surface area (Å²) in [5.41, 5.74) is 16.7. The highest BCUT2D eigenvalue weighted by Gasteiger charge is 2.49. The van der Waals surface area contributed by atoms with Gasteiger partial charge in [0.15, 0.2) is 5.82 Å².